The first kappa shape index (κ1) is 12.8. The number of nitrogen functional groups attached to an aromatic ring is 1. The molecule has 0 aliphatic carbocycles. The number of anilines is 2. The molecule has 0 aliphatic rings. The fourth-order valence-electron chi connectivity index (χ4n) is 1.47. The van der Waals surface area contributed by atoms with Crippen LogP contribution < -0.4 is 16.4 Å². The van der Waals surface area contributed by atoms with Crippen molar-refractivity contribution in [3.8, 4) is 0 Å². The number of nitrogens with one attached hydrogen (secondary N) is 2. The summed E-state index contributed by atoms with van der Waals surface area (Å²) in [5, 5.41) is 13.2. The van der Waals surface area contributed by atoms with Crippen LogP contribution in [0.4, 0.5) is 11.6 Å². The van der Waals surface area contributed by atoms with E-state index in [0.29, 0.717) is 18.2 Å². The fourth-order valence-corrected chi connectivity index (χ4v) is 1.47. The van der Waals surface area contributed by atoms with E-state index in [9.17, 15) is 4.79 Å². The third kappa shape index (κ3) is 4.27. The van der Waals surface area contributed by atoms with Gasteiger partial charge in [-0.2, -0.15) is 0 Å². The minimum Gasteiger partial charge on any atom is -0.382 e. The van der Waals surface area contributed by atoms with Crippen molar-refractivity contribution in [1.82, 2.24) is 15.5 Å². The topological polar surface area (TPSA) is 92.9 Å². The van der Waals surface area contributed by atoms with E-state index < -0.39 is 0 Å². The van der Waals surface area contributed by atoms with Gasteiger partial charge in [0.05, 0.1) is 6.54 Å². The number of rotatable bonds is 5. The molecule has 0 atom stereocenters. The Morgan fingerprint density at radius 1 is 1.11 bits per heavy atom. The summed E-state index contributed by atoms with van der Waals surface area (Å²) in [6.07, 6.45) is 0. The van der Waals surface area contributed by atoms with Gasteiger partial charge in [-0.15, -0.1) is 10.2 Å². The monoisotopic (exact) mass is 257 g/mol. The first-order valence-corrected chi connectivity index (χ1v) is 5.88. The van der Waals surface area contributed by atoms with E-state index in [-0.39, 0.29) is 12.5 Å². The van der Waals surface area contributed by atoms with Crippen LogP contribution in [0.15, 0.2) is 42.5 Å². The lowest BCUT2D eigenvalue weighted by Crippen LogP contribution is -2.29. The molecule has 0 aliphatic heterocycles. The van der Waals surface area contributed by atoms with Crippen LogP contribution in [0.3, 0.4) is 0 Å². The molecule has 0 saturated heterocycles. The maximum absolute atomic E-state index is 11.6. The van der Waals surface area contributed by atoms with Crippen molar-refractivity contribution in [3.05, 3.63) is 48.0 Å². The lowest BCUT2D eigenvalue weighted by Gasteiger charge is -2.06. The van der Waals surface area contributed by atoms with E-state index in [4.69, 9.17) is 5.73 Å². The third-order valence-electron chi connectivity index (χ3n) is 2.45. The Morgan fingerprint density at radius 3 is 2.58 bits per heavy atom. The zero-order chi connectivity index (χ0) is 13.5. The molecule has 1 heterocycles. The van der Waals surface area contributed by atoms with Gasteiger partial charge in [-0.1, -0.05) is 30.3 Å². The Hall–Kier alpha value is -2.63. The number of hydrogen-bond donors (Lipinski definition) is 3. The van der Waals surface area contributed by atoms with Crippen molar-refractivity contribution in [2.45, 2.75) is 6.54 Å². The van der Waals surface area contributed by atoms with Gasteiger partial charge < -0.3 is 16.4 Å². The second kappa shape index (κ2) is 6.34. The summed E-state index contributed by atoms with van der Waals surface area (Å²) >= 11 is 0. The normalized spacial score (nSPS) is 9.89. The second-order valence-corrected chi connectivity index (χ2v) is 3.96. The number of nitrogens with two attached hydrogens (primary N) is 1. The Kier molecular flexibility index (Phi) is 4.28. The Balaban J connectivity index is 1.74. The maximum Gasteiger partial charge on any atom is 0.239 e. The third-order valence-corrected chi connectivity index (χ3v) is 2.45. The Morgan fingerprint density at radius 2 is 1.89 bits per heavy atom. The summed E-state index contributed by atoms with van der Waals surface area (Å²) < 4.78 is 0. The molecule has 0 spiro atoms. The van der Waals surface area contributed by atoms with Crippen molar-refractivity contribution < 1.29 is 4.79 Å². The first-order chi connectivity index (χ1) is 9.24. The molecule has 4 N–H and O–H groups in total. The molecule has 19 heavy (non-hydrogen) atoms. The number of aromatic nitrogens is 2. The van der Waals surface area contributed by atoms with Crippen LogP contribution in [0.1, 0.15) is 5.56 Å². The highest BCUT2D eigenvalue weighted by Crippen LogP contribution is 2.01. The summed E-state index contributed by atoms with van der Waals surface area (Å²) in [5.74, 6) is 0.755. The Labute approximate surface area is 111 Å². The predicted octanol–water partition coefficient (Wildman–Crippen LogP) is 0.787. The summed E-state index contributed by atoms with van der Waals surface area (Å²) in [4.78, 5) is 11.6. The number of carbonyl (C=O) groups is 1. The van der Waals surface area contributed by atoms with E-state index in [2.05, 4.69) is 20.8 Å². The summed E-state index contributed by atoms with van der Waals surface area (Å²) in [6, 6.07) is 13.0. The van der Waals surface area contributed by atoms with Gasteiger partial charge in [-0.05, 0) is 17.7 Å². The lowest BCUT2D eigenvalue weighted by molar-refractivity contribution is -0.119. The second-order valence-electron chi connectivity index (χ2n) is 3.96. The summed E-state index contributed by atoms with van der Waals surface area (Å²) in [5.41, 5.74) is 6.47. The molecule has 1 aromatic heterocycles. The minimum atomic E-state index is -0.109. The standard InChI is InChI=1S/C13H15N5O/c14-11-6-7-12(18-17-11)15-9-13(19)16-8-10-4-2-1-3-5-10/h1-7H,8-9H2,(H2,14,17)(H,15,18)(H,16,19). The van der Waals surface area contributed by atoms with Crippen LogP contribution in [0.2, 0.25) is 0 Å². The molecule has 6 heteroatoms. The van der Waals surface area contributed by atoms with Gasteiger partial charge in [-0.25, -0.2) is 0 Å². The molecule has 0 unspecified atom stereocenters. The molecule has 0 bridgehead atoms. The average Bonchev–Trinajstić information content (AvgIpc) is 2.45. The van der Waals surface area contributed by atoms with Crippen molar-refractivity contribution in [1.29, 1.82) is 0 Å². The van der Waals surface area contributed by atoms with Crippen LogP contribution in [0.5, 0.6) is 0 Å². The van der Waals surface area contributed by atoms with Crippen LogP contribution in [-0.4, -0.2) is 22.6 Å². The van der Waals surface area contributed by atoms with Gasteiger partial charge in [-0.3, -0.25) is 4.79 Å². The molecular formula is C13H15N5O. The van der Waals surface area contributed by atoms with Gasteiger partial charge in [0.2, 0.25) is 5.91 Å². The van der Waals surface area contributed by atoms with E-state index >= 15 is 0 Å². The van der Waals surface area contributed by atoms with Crippen molar-refractivity contribution in [2.24, 2.45) is 0 Å². The van der Waals surface area contributed by atoms with Gasteiger partial charge in [0.1, 0.15) is 11.6 Å². The van der Waals surface area contributed by atoms with E-state index in [1.807, 2.05) is 30.3 Å². The molecule has 0 saturated carbocycles. The first-order valence-electron chi connectivity index (χ1n) is 5.88. The lowest BCUT2D eigenvalue weighted by atomic mass is 10.2. The molecule has 1 aromatic carbocycles. The highest BCUT2D eigenvalue weighted by Gasteiger charge is 2.02. The van der Waals surface area contributed by atoms with E-state index in [1.165, 1.54) is 0 Å². The fraction of sp³-hybridized carbons (Fsp3) is 0.154. The minimum absolute atomic E-state index is 0.109. The smallest absolute Gasteiger partial charge is 0.239 e. The van der Waals surface area contributed by atoms with E-state index in [0.717, 1.165) is 5.56 Å². The SMILES string of the molecule is Nc1ccc(NCC(=O)NCc2ccccc2)nn1. The maximum atomic E-state index is 11.6. The molecular weight excluding hydrogens is 242 g/mol. The number of carbonyl (C=O) groups excluding carboxylic acids is 1. The molecule has 98 valence electrons. The number of hydrogen-bond acceptors (Lipinski definition) is 5. The van der Waals surface area contributed by atoms with Gasteiger partial charge in [0, 0.05) is 6.54 Å². The van der Waals surface area contributed by atoms with Gasteiger partial charge in [0.25, 0.3) is 0 Å². The van der Waals surface area contributed by atoms with Crippen LogP contribution in [0.25, 0.3) is 0 Å². The molecule has 0 fully saturated rings. The molecule has 6 nitrogen and oxygen atoms in total. The summed E-state index contributed by atoms with van der Waals surface area (Å²) in [6.45, 7) is 0.653. The molecule has 2 aromatic rings. The Bertz CT molecular complexity index is 526. The number of benzene rings is 1. The molecule has 2 rings (SSSR count). The predicted molar refractivity (Wildman–Crippen MR) is 73.2 cm³/mol. The van der Waals surface area contributed by atoms with Crippen LogP contribution in [0, 0.1) is 0 Å². The zero-order valence-corrected chi connectivity index (χ0v) is 10.3. The van der Waals surface area contributed by atoms with Gasteiger partial charge >= 0.3 is 0 Å². The van der Waals surface area contributed by atoms with Gasteiger partial charge in [0.15, 0.2) is 0 Å². The number of nitrogens with zero attached hydrogens (tertiary/aromatic N) is 2. The average molecular weight is 257 g/mol. The van der Waals surface area contributed by atoms with Crippen molar-refractivity contribution >= 4 is 17.5 Å². The van der Waals surface area contributed by atoms with E-state index in [1.54, 1.807) is 12.1 Å². The summed E-state index contributed by atoms with van der Waals surface area (Å²) in [7, 11) is 0. The zero-order valence-electron chi connectivity index (χ0n) is 10.3. The highest BCUT2D eigenvalue weighted by atomic mass is 16.1. The quantitative estimate of drug-likeness (QED) is 0.736. The number of amides is 1. The largest absolute Gasteiger partial charge is 0.382 e. The van der Waals surface area contributed by atoms with Crippen molar-refractivity contribution in [3.63, 3.8) is 0 Å². The van der Waals surface area contributed by atoms with Crippen molar-refractivity contribution in [2.75, 3.05) is 17.6 Å². The van der Waals surface area contributed by atoms with Crippen LogP contribution in [-0.2, 0) is 11.3 Å². The molecule has 0 radical (unpaired) electrons. The molecule has 1 amide bonds. The highest BCUT2D eigenvalue weighted by molar-refractivity contribution is 5.80. The van der Waals surface area contributed by atoms with Crippen LogP contribution >= 0.6 is 0 Å².